The van der Waals surface area contributed by atoms with Crippen molar-refractivity contribution >= 4 is 40.1 Å². The molecule has 1 atom stereocenters. The molecule has 0 amide bonds. The molecule has 35 heavy (non-hydrogen) atoms. The second kappa shape index (κ2) is 8.85. The standard InChI is InChI=1S/C23H20ClF3N6O2/c1-11-7-13(12(2)30-14-3-4-17(24)32-19(14)21(34)35)18-15(8-11)31-16(9-28)20(33-18)29-10-22(5-6-22)23(25,26)27/h3-4,7-8,12,30H,5-6,10H2,1-2H3,(H,29,33)(H,34,35). The third-order valence-corrected chi connectivity index (χ3v) is 6.21. The number of hydrogen-bond acceptors (Lipinski definition) is 7. The minimum absolute atomic E-state index is 0.0127. The summed E-state index contributed by atoms with van der Waals surface area (Å²) >= 11 is 5.83. The molecule has 1 fully saturated rings. The van der Waals surface area contributed by atoms with E-state index in [0.717, 1.165) is 5.56 Å². The van der Waals surface area contributed by atoms with Gasteiger partial charge in [-0.05, 0) is 50.5 Å². The Morgan fingerprint density at radius 3 is 2.60 bits per heavy atom. The average molecular weight is 505 g/mol. The highest BCUT2D eigenvalue weighted by atomic mass is 35.5. The molecule has 1 aliphatic carbocycles. The number of halogens is 4. The number of rotatable bonds is 7. The van der Waals surface area contributed by atoms with E-state index in [1.165, 1.54) is 12.1 Å². The molecule has 0 bridgehead atoms. The molecule has 0 radical (unpaired) electrons. The minimum atomic E-state index is -4.35. The summed E-state index contributed by atoms with van der Waals surface area (Å²) in [4.78, 5) is 24.3. The minimum Gasteiger partial charge on any atom is -0.476 e. The van der Waals surface area contributed by atoms with E-state index in [-0.39, 0.29) is 40.9 Å². The molecule has 2 heterocycles. The van der Waals surface area contributed by atoms with Crippen LogP contribution in [0, 0.1) is 23.7 Å². The molecule has 0 spiro atoms. The van der Waals surface area contributed by atoms with Gasteiger partial charge in [0.1, 0.15) is 11.2 Å². The van der Waals surface area contributed by atoms with Crippen LogP contribution >= 0.6 is 11.6 Å². The summed E-state index contributed by atoms with van der Waals surface area (Å²) in [5, 5.41) is 24.8. The van der Waals surface area contributed by atoms with Crippen LogP contribution in [0.2, 0.25) is 5.15 Å². The van der Waals surface area contributed by atoms with Gasteiger partial charge in [0.25, 0.3) is 0 Å². The number of carbonyl (C=O) groups is 1. The van der Waals surface area contributed by atoms with Gasteiger partial charge in [0.2, 0.25) is 0 Å². The van der Waals surface area contributed by atoms with Crippen LogP contribution in [0.25, 0.3) is 11.0 Å². The first-order valence-corrected chi connectivity index (χ1v) is 11.0. The van der Waals surface area contributed by atoms with Crippen molar-refractivity contribution in [2.24, 2.45) is 5.41 Å². The lowest BCUT2D eigenvalue weighted by molar-refractivity contribution is -0.182. The van der Waals surface area contributed by atoms with Crippen LogP contribution in [0.1, 0.15) is 53.1 Å². The number of aryl methyl sites for hydroxylation is 1. The molecule has 8 nitrogen and oxygen atoms in total. The SMILES string of the molecule is Cc1cc(C(C)Nc2ccc(Cl)nc2C(=O)O)c2nc(NCC3(C(F)(F)F)CC3)c(C#N)nc2c1. The van der Waals surface area contributed by atoms with Gasteiger partial charge in [0.05, 0.1) is 28.2 Å². The Hall–Kier alpha value is -3.65. The summed E-state index contributed by atoms with van der Waals surface area (Å²) in [6, 6.07) is 7.87. The number of anilines is 2. The Balaban J connectivity index is 1.72. The Morgan fingerprint density at radius 2 is 2.00 bits per heavy atom. The second-order valence-electron chi connectivity index (χ2n) is 8.59. The lowest BCUT2D eigenvalue weighted by Crippen LogP contribution is -2.32. The van der Waals surface area contributed by atoms with Crippen molar-refractivity contribution in [1.82, 2.24) is 15.0 Å². The highest BCUT2D eigenvalue weighted by Crippen LogP contribution is 2.57. The van der Waals surface area contributed by atoms with Crippen LogP contribution in [0.5, 0.6) is 0 Å². The smallest absolute Gasteiger partial charge is 0.396 e. The summed E-state index contributed by atoms with van der Waals surface area (Å²) in [6.07, 6.45) is -4.33. The van der Waals surface area contributed by atoms with Crippen molar-refractivity contribution in [3.05, 3.63) is 51.9 Å². The van der Waals surface area contributed by atoms with Gasteiger partial charge in [0, 0.05) is 12.1 Å². The van der Waals surface area contributed by atoms with Gasteiger partial charge in [-0.25, -0.2) is 19.7 Å². The van der Waals surface area contributed by atoms with E-state index in [4.69, 9.17) is 11.6 Å². The van der Waals surface area contributed by atoms with Gasteiger partial charge >= 0.3 is 12.1 Å². The maximum atomic E-state index is 13.4. The number of nitrogens with zero attached hydrogens (tertiary/aromatic N) is 4. The van der Waals surface area contributed by atoms with Gasteiger partial charge in [-0.2, -0.15) is 18.4 Å². The molecular weight excluding hydrogens is 485 g/mol. The van der Waals surface area contributed by atoms with Crippen molar-refractivity contribution in [2.75, 3.05) is 17.2 Å². The van der Waals surface area contributed by atoms with E-state index in [1.54, 1.807) is 13.0 Å². The molecule has 4 rings (SSSR count). The quantitative estimate of drug-likeness (QED) is 0.361. The lowest BCUT2D eigenvalue weighted by Gasteiger charge is -2.21. The Morgan fingerprint density at radius 1 is 1.29 bits per heavy atom. The molecule has 1 aliphatic rings. The predicted octanol–water partition coefficient (Wildman–Crippen LogP) is 5.48. The largest absolute Gasteiger partial charge is 0.476 e. The van der Waals surface area contributed by atoms with Gasteiger partial charge in [-0.1, -0.05) is 17.7 Å². The van der Waals surface area contributed by atoms with E-state index >= 15 is 0 Å². The van der Waals surface area contributed by atoms with Crippen LogP contribution in [-0.2, 0) is 0 Å². The number of pyridine rings is 1. The van der Waals surface area contributed by atoms with Crippen LogP contribution in [0.4, 0.5) is 24.7 Å². The van der Waals surface area contributed by atoms with Crippen molar-refractivity contribution in [3.8, 4) is 6.07 Å². The molecular formula is C23H20ClF3N6O2. The summed E-state index contributed by atoms with van der Waals surface area (Å²) in [5.41, 5.74) is 0.213. The molecule has 0 saturated heterocycles. The first-order valence-electron chi connectivity index (χ1n) is 10.6. The highest BCUT2D eigenvalue weighted by molar-refractivity contribution is 6.29. The predicted molar refractivity (Wildman–Crippen MR) is 123 cm³/mol. The number of carboxylic acids is 1. The number of aromatic nitrogens is 3. The van der Waals surface area contributed by atoms with Gasteiger partial charge < -0.3 is 15.7 Å². The third-order valence-electron chi connectivity index (χ3n) is 6.00. The third kappa shape index (κ3) is 4.79. The van der Waals surface area contributed by atoms with Gasteiger partial charge in [-0.3, -0.25) is 0 Å². The number of aromatic carboxylic acids is 1. The van der Waals surface area contributed by atoms with Crippen LogP contribution < -0.4 is 10.6 Å². The summed E-state index contributed by atoms with van der Waals surface area (Å²) in [5.74, 6) is -1.30. The number of benzene rings is 1. The number of alkyl halides is 3. The van der Waals surface area contributed by atoms with E-state index < -0.39 is 30.1 Å². The second-order valence-corrected chi connectivity index (χ2v) is 8.97. The van der Waals surface area contributed by atoms with E-state index in [1.807, 2.05) is 19.1 Å². The topological polar surface area (TPSA) is 124 Å². The van der Waals surface area contributed by atoms with Crippen LogP contribution in [-0.4, -0.2) is 38.7 Å². The Labute approximate surface area is 203 Å². The maximum absolute atomic E-state index is 13.4. The molecule has 1 unspecified atom stereocenters. The zero-order chi connectivity index (χ0) is 25.5. The molecule has 12 heteroatoms. The van der Waals surface area contributed by atoms with Gasteiger partial charge in [0.15, 0.2) is 17.2 Å². The highest BCUT2D eigenvalue weighted by Gasteiger charge is 2.63. The maximum Gasteiger partial charge on any atom is 0.396 e. The zero-order valence-corrected chi connectivity index (χ0v) is 19.4. The molecule has 0 aliphatic heterocycles. The van der Waals surface area contributed by atoms with E-state index in [9.17, 15) is 28.3 Å². The summed E-state index contributed by atoms with van der Waals surface area (Å²) in [7, 11) is 0. The monoisotopic (exact) mass is 504 g/mol. The first kappa shape index (κ1) is 24.5. The van der Waals surface area contributed by atoms with Gasteiger partial charge in [-0.15, -0.1) is 0 Å². The zero-order valence-electron chi connectivity index (χ0n) is 18.7. The number of fused-ring (bicyclic) bond motifs is 1. The molecule has 182 valence electrons. The van der Waals surface area contributed by atoms with Crippen molar-refractivity contribution in [1.29, 1.82) is 5.26 Å². The number of nitrogens with one attached hydrogen (secondary N) is 2. The molecule has 3 N–H and O–H groups in total. The normalized spacial score (nSPS) is 15.3. The lowest BCUT2D eigenvalue weighted by atomic mass is 10.0. The van der Waals surface area contributed by atoms with Crippen LogP contribution in [0.3, 0.4) is 0 Å². The molecule has 1 aromatic carbocycles. The first-order chi connectivity index (χ1) is 16.4. The Bertz CT molecular complexity index is 1370. The fourth-order valence-corrected chi connectivity index (χ4v) is 4.00. The number of nitriles is 1. The number of hydrogen-bond donors (Lipinski definition) is 3. The molecule has 1 saturated carbocycles. The fraction of sp³-hybridized carbons (Fsp3) is 0.348. The average Bonchev–Trinajstić information content (AvgIpc) is 3.59. The van der Waals surface area contributed by atoms with Crippen molar-refractivity contribution in [2.45, 2.75) is 38.9 Å². The fourth-order valence-electron chi connectivity index (χ4n) is 3.85. The van der Waals surface area contributed by atoms with Crippen molar-refractivity contribution in [3.63, 3.8) is 0 Å². The van der Waals surface area contributed by atoms with Crippen molar-refractivity contribution < 1.29 is 23.1 Å². The molecule has 2 aromatic heterocycles. The van der Waals surface area contributed by atoms with E-state index in [0.29, 0.717) is 16.6 Å². The number of carboxylic acid groups (broad SMARTS) is 1. The summed E-state index contributed by atoms with van der Waals surface area (Å²) in [6.45, 7) is 3.19. The Kier molecular flexibility index (Phi) is 6.19. The summed E-state index contributed by atoms with van der Waals surface area (Å²) < 4.78 is 40.1. The molecule has 3 aromatic rings. The van der Waals surface area contributed by atoms with E-state index in [2.05, 4.69) is 25.6 Å². The van der Waals surface area contributed by atoms with Crippen LogP contribution in [0.15, 0.2) is 24.3 Å².